The molecule has 5 nitrogen and oxygen atoms in total. The van der Waals surface area contributed by atoms with Gasteiger partial charge in [-0.3, -0.25) is 14.5 Å². The molecule has 2 aromatic carbocycles. The summed E-state index contributed by atoms with van der Waals surface area (Å²) >= 11 is 12.1. The molecule has 0 heterocycles. The minimum Gasteiger partial charge on any atom is -0.325 e. The summed E-state index contributed by atoms with van der Waals surface area (Å²) in [5.41, 5.74) is 3.45. The lowest BCUT2D eigenvalue weighted by atomic mass is 10.1. The van der Waals surface area contributed by atoms with Crippen LogP contribution in [0.3, 0.4) is 0 Å². The summed E-state index contributed by atoms with van der Waals surface area (Å²) in [5.74, 6) is -0.223. The Morgan fingerprint density at radius 1 is 1.00 bits per heavy atom. The van der Waals surface area contributed by atoms with Crippen molar-refractivity contribution in [1.82, 2.24) is 4.90 Å². The average Bonchev–Trinajstić information content (AvgIpc) is 3.50. The van der Waals surface area contributed by atoms with Crippen molar-refractivity contribution < 1.29 is 9.59 Å². The number of amides is 2. The van der Waals surface area contributed by atoms with Gasteiger partial charge in [-0.15, -0.1) is 0 Å². The smallest absolute Gasteiger partial charge is 0.238 e. The molecule has 2 aromatic rings. The van der Waals surface area contributed by atoms with E-state index in [1.165, 1.54) is 0 Å². The molecule has 29 heavy (non-hydrogen) atoms. The van der Waals surface area contributed by atoms with Crippen LogP contribution >= 0.6 is 23.2 Å². The van der Waals surface area contributed by atoms with Gasteiger partial charge in [0.15, 0.2) is 0 Å². The van der Waals surface area contributed by atoms with E-state index in [2.05, 4.69) is 15.5 Å². The van der Waals surface area contributed by atoms with Crippen LogP contribution in [0, 0.1) is 13.8 Å². The van der Waals surface area contributed by atoms with E-state index in [0.717, 1.165) is 29.7 Å². The molecule has 0 spiro atoms. The molecule has 1 fully saturated rings. The van der Waals surface area contributed by atoms with E-state index in [0.29, 0.717) is 28.3 Å². The fraction of sp³-hybridized carbons (Fsp3) is 0.364. The van der Waals surface area contributed by atoms with E-state index >= 15 is 0 Å². The molecule has 2 N–H and O–H groups in total. The predicted octanol–water partition coefficient (Wildman–Crippen LogP) is 5.04. The molecule has 0 unspecified atom stereocenters. The van der Waals surface area contributed by atoms with E-state index in [1.807, 2.05) is 32.0 Å². The molecule has 2 amide bonds. The third-order valence-corrected chi connectivity index (χ3v) is 5.47. The number of nitrogens with one attached hydrogen (secondary N) is 2. The number of halogens is 2. The Balaban J connectivity index is 1.53. The van der Waals surface area contributed by atoms with Gasteiger partial charge in [0.2, 0.25) is 11.8 Å². The Hall–Kier alpha value is -2.08. The van der Waals surface area contributed by atoms with Crippen LogP contribution in [0.2, 0.25) is 10.0 Å². The molecule has 0 aromatic heterocycles. The third-order valence-electron chi connectivity index (χ3n) is 4.91. The molecule has 0 aliphatic heterocycles. The van der Waals surface area contributed by atoms with Crippen molar-refractivity contribution in [3.8, 4) is 0 Å². The van der Waals surface area contributed by atoms with Gasteiger partial charge in [0.25, 0.3) is 0 Å². The summed E-state index contributed by atoms with van der Waals surface area (Å²) in [6.07, 6.45) is 2.38. The SMILES string of the molecule is Cc1ccc(C)c(NC(=O)CN(CCC(=O)Nc2cc(Cl)ccc2Cl)C2CC2)c1. The van der Waals surface area contributed by atoms with Crippen molar-refractivity contribution in [3.05, 3.63) is 57.6 Å². The lowest BCUT2D eigenvalue weighted by molar-refractivity contribution is -0.119. The first kappa shape index (κ1) is 21.6. The van der Waals surface area contributed by atoms with E-state index in [-0.39, 0.29) is 24.8 Å². The molecule has 0 saturated heterocycles. The van der Waals surface area contributed by atoms with Gasteiger partial charge in [0, 0.05) is 29.7 Å². The molecule has 1 aliphatic carbocycles. The minimum absolute atomic E-state index is 0.0658. The van der Waals surface area contributed by atoms with Crippen molar-refractivity contribution in [2.45, 2.75) is 39.2 Å². The fourth-order valence-electron chi connectivity index (χ4n) is 3.13. The van der Waals surface area contributed by atoms with Crippen LogP contribution in [-0.4, -0.2) is 35.8 Å². The lowest BCUT2D eigenvalue weighted by Gasteiger charge is -2.21. The second kappa shape index (κ2) is 9.61. The summed E-state index contributed by atoms with van der Waals surface area (Å²) in [7, 11) is 0. The topological polar surface area (TPSA) is 61.4 Å². The summed E-state index contributed by atoms with van der Waals surface area (Å²) in [5, 5.41) is 6.73. The Morgan fingerprint density at radius 2 is 1.72 bits per heavy atom. The van der Waals surface area contributed by atoms with Crippen molar-refractivity contribution in [3.63, 3.8) is 0 Å². The predicted molar refractivity (Wildman–Crippen MR) is 119 cm³/mol. The number of hydrogen-bond acceptors (Lipinski definition) is 3. The highest BCUT2D eigenvalue weighted by atomic mass is 35.5. The van der Waals surface area contributed by atoms with Crippen LogP contribution in [0.5, 0.6) is 0 Å². The van der Waals surface area contributed by atoms with E-state index in [1.54, 1.807) is 18.2 Å². The Morgan fingerprint density at radius 3 is 2.45 bits per heavy atom. The molecule has 3 rings (SSSR count). The van der Waals surface area contributed by atoms with Gasteiger partial charge in [-0.05, 0) is 62.1 Å². The second-order valence-electron chi connectivity index (χ2n) is 7.49. The van der Waals surface area contributed by atoms with Crippen LogP contribution < -0.4 is 10.6 Å². The van der Waals surface area contributed by atoms with Crippen LogP contribution in [-0.2, 0) is 9.59 Å². The molecule has 0 bridgehead atoms. The Kier molecular flexibility index (Phi) is 7.17. The number of benzene rings is 2. The van der Waals surface area contributed by atoms with Crippen molar-refractivity contribution in [2.24, 2.45) is 0 Å². The second-order valence-corrected chi connectivity index (χ2v) is 8.33. The Bertz CT molecular complexity index is 913. The van der Waals surface area contributed by atoms with Crippen molar-refractivity contribution in [2.75, 3.05) is 23.7 Å². The average molecular weight is 434 g/mol. The number of hydrogen-bond donors (Lipinski definition) is 2. The van der Waals surface area contributed by atoms with E-state index < -0.39 is 0 Å². The summed E-state index contributed by atoms with van der Waals surface area (Å²) in [6.45, 7) is 4.74. The van der Waals surface area contributed by atoms with Crippen LogP contribution in [0.25, 0.3) is 0 Å². The molecule has 7 heteroatoms. The van der Waals surface area contributed by atoms with Gasteiger partial charge in [0.1, 0.15) is 0 Å². The molecular weight excluding hydrogens is 409 g/mol. The number of aryl methyl sites for hydroxylation is 2. The van der Waals surface area contributed by atoms with Gasteiger partial charge in [-0.1, -0.05) is 35.3 Å². The maximum atomic E-state index is 12.6. The first-order chi connectivity index (χ1) is 13.8. The summed E-state index contributed by atoms with van der Waals surface area (Å²) in [6, 6.07) is 11.3. The van der Waals surface area contributed by atoms with Crippen LogP contribution in [0.15, 0.2) is 36.4 Å². The van der Waals surface area contributed by atoms with Gasteiger partial charge < -0.3 is 10.6 Å². The monoisotopic (exact) mass is 433 g/mol. The van der Waals surface area contributed by atoms with Crippen molar-refractivity contribution >= 4 is 46.4 Å². The number of carbonyl (C=O) groups excluding carboxylic acids is 2. The fourth-order valence-corrected chi connectivity index (χ4v) is 3.46. The molecule has 1 aliphatic rings. The molecule has 0 radical (unpaired) electrons. The molecule has 0 atom stereocenters. The van der Waals surface area contributed by atoms with Gasteiger partial charge in [-0.2, -0.15) is 0 Å². The number of rotatable bonds is 8. The first-order valence-corrected chi connectivity index (χ1v) is 10.4. The zero-order valence-corrected chi connectivity index (χ0v) is 18.1. The van der Waals surface area contributed by atoms with Gasteiger partial charge >= 0.3 is 0 Å². The third kappa shape index (κ3) is 6.46. The van der Waals surface area contributed by atoms with Gasteiger partial charge in [0.05, 0.1) is 17.3 Å². The highest BCUT2D eigenvalue weighted by molar-refractivity contribution is 6.35. The quantitative estimate of drug-likeness (QED) is 0.612. The maximum absolute atomic E-state index is 12.6. The van der Waals surface area contributed by atoms with E-state index in [4.69, 9.17) is 23.2 Å². The maximum Gasteiger partial charge on any atom is 0.238 e. The van der Waals surface area contributed by atoms with Crippen LogP contribution in [0.1, 0.15) is 30.4 Å². The minimum atomic E-state index is -0.158. The molecule has 1 saturated carbocycles. The zero-order valence-electron chi connectivity index (χ0n) is 16.6. The number of carbonyl (C=O) groups is 2. The molecule has 154 valence electrons. The zero-order chi connectivity index (χ0) is 21.0. The lowest BCUT2D eigenvalue weighted by Crippen LogP contribution is -2.37. The normalized spacial score (nSPS) is 13.4. The largest absolute Gasteiger partial charge is 0.325 e. The van der Waals surface area contributed by atoms with Crippen LogP contribution in [0.4, 0.5) is 11.4 Å². The number of nitrogens with zero attached hydrogens (tertiary/aromatic N) is 1. The Labute approximate surface area is 181 Å². The van der Waals surface area contributed by atoms with E-state index in [9.17, 15) is 9.59 Å². The van der Waals surface area contributed by atoms with Crippen molar-refractivity contribution in [1.29, 1.82) is 0 Å². The highest BCUT2D eigenvalue weighted by Crippen LogP contribution is 2.28. The van der Waals surface area contributed by atoms with Gasteiger partial charge in [-0.25, -0.2) is 0 Å². The molecular formula is C22H25Cl2N3O2. The standard InChI is InChI=1S/C22H25Cl2N3O2/c1-14-3-4-15(2)19(11-14)25-22(29)13-27(17-6-7-17)10-9-21(28)26-20-12-16(23)5-8-18(20)24/h3-5,8,11-12,17H,6-7,9-10,13H2,1-2H3,(H,25,29)(H,26,28). The first-order valence-electron chi connectivity index (χ1n) is 9.68. The number of anilines is 2. The summed E-state index contributed by atoms with van der Waals surface area (Å²) in [4.78, 5) is 27.0. The highest BCUT2D eigenvalue weighted by Gasteiger charge is 2.30. The summed E-state index contributed by atoms with van der Waals surface area (Å²) < 4.78 is 0.